The van der Waals surface area contributed by atoms with Gasteiger partial charge in [0.1, 0.15) is 0 Å². The molecule has 0 aliphatic rings. The molecule has 0 atom stereocenters. The average molecular weight is 461 g/mol. The number of halogens is 1. The second kappa shape index (κ2) is 12.3. The summed E-state index contributed by atoms with van der Waals surface area (Å²) in [5.41, 5.74) is 0. The predicted octanol–water partition coefficient (Wildman–Crippen LogP) is 6.01. The zero-order valence-electron chi connectivity index (χ0n) is 16.1. The molecule has 3 nitrogen and oxygen atoms in total. The van der Waals surface area contributed by atoms with Crippen molar-refractivity contribution in [1.82, 2.24) is 9.97 Å². The molecule has 0 aliphatic carbocycles. The first-order valence-corrected chi connectivity index (χ1v) is 17.8. The van der Waals surface area contributed by atoms with E-state index in [0.717, 1.165) is 18.8 Å². The van der Waals surface area contributed by atoms with Crippen LogP contribution in [0, 0.1) is 0 Å². The van der Waals surface area contributed by atoms with E-state index in [1.807, 2.05) is 0 Å². The quantitative estimate of drug-likeness (QED) is 0.367. The molecule has 0 saturated heterocycles. The fourth-order valence-corrected chi connectivity index (χ4v) is 18.8. The summed E-state index contributed by atoms with van der Waals surface area (Å²) in [5, 5.41) is 3.86. The number of hydrogen-bond acceptors (Lipinski definition) is 3. The Morgan fingerprint density at radius 1 is 0.917 bits per heavy atom. The summed E-state index contributed by atoms with van der Waals surface area (Å²) in [6, 6.07) is 0. The van der Waals surface area contributed by atoms with Crippen molar-refractivity contribution in [3.8, 4) is 0 Å². The van der Waals surface area contributed by atoms with Crippen molar-refractivity contribution >= 4 is 39.5 Å². The van der Waals surface area contributed by atoms with Crippen molar-refractivity contribution < 1.29 is 0 Å². The summed E-state index contributed by atoms with van der Waals surface area (Å²) in [4.78, 5) is 9.54. The monoisotopic (exact) mass is 461 g/mol. The van der Waals surface area contributed by atoms with Gasteiger partial charge in [-0.15, -0.1) is 0 Å². The van der Waals surface area contributed by atoms with Gasteiger partial charge in [-0.3, -0.25) is 0 Å². The van der Waals surface area contributed by atoms with Crippen molar-refractivity contribution in [2.45, 2.75) is 86.0 Å². The number of nitrogens with zero attached hydrogens (tertiary/aromatic N) is 2. The third kappa shape index (κ3) is 6.70. The van der Waals surface area contributed by atoms with Gasteiger partial charge < -0.3 is 0 Å². The van der Waals surface area contributed by atoms with Crippen LogP contribution in [0.25, 0.3) is 0 Å². The Kier molecular flexibility index (Phi) is 11.3. The summed E-state index contributed by atoms with van der Waals surface area (Å²) in [6.45, 7) is 9.93. The molecular formula is C19H36ClN3Sn. The van der Waals surface area contributed by atoms with Crippen molar-refractivity contribution in [3.05, 3.63) is 11.3 Å². The minimum atomic E-state index is -2.50. The van der Waals surface area contributed by atoms with E-state index >= 15 is 0 Å². The van der Waals surface area contributed by atoms with Crippen LogP contribution in [0.2, 0.25) is 18.5 Å². The Morgan fingerprint density at radius 2 is 1.46 bits per heavy atom. The van der Waals surface area contributed by atoms with Gasteiger partial charge in [0.2, 0.25) is 0 Å². The van der Waals surface area contributed by atoms with Gasteiger partial charge in [-0.2, -0.15) is 0 Å². The van der Waals surface area contributed by atoms with Crippen molar-refractivity contribution in [2.75, 3.05) is 11.9 Å². The second-order valence-corrected chi connectivity index (χ2v) is 20.3. The molecule has 1 aromatic heterocycles. The third-order valence-electron chi connectivity index (χ3n) is 4.84. The first-order chi connectivity index (χ1) is 11.6. The molecule has 1 aromatic rings. The zero-order chi connectivity index (χ0) is 17.8. The van der Waals surface area contributed by atoms with Crippen LogP contribution in [0.5, 0.6) is 0 Å². The minimum absolute atomic E-state index is 0.575. The number of rotatable bonds is 13. The molecular weight excluding hydrogens is 424 g/mol. The van der Waals surface area contributed by atoms with Gasteiger partial charge >= 0.3 is 159 Å². The van der Waals surface area contributed by atoms with E-state index in [9.17, 15) is 0 Å². The van der Waals surface area contributed by atoms with Crippen LogP contribution in [0.4, 0.5) is 5.82 Å². The van der Waals surface area contributed by atoms with Gasteiger partial charge in [-0.1, -0.05) is 0 Å². The van der Waals surface area contributed by atoms with Crippen LogP contribution in [-0.2, 0) is 0 Å². The van der Waals surface area contributed by atoms with E-state index in [0.29, 0.717) is 5.15 Å². The molecule has 0 fully saturated rings. The molecule has 0 aromatic carbocycles. The topological polar surface area (TPSA) is 37.8 Å². The SMILES string of the molecule is CCC[CH2][Sn]([CH2]CCC)([CH2]CCC)[c]1cnc(NCCC)c(Cl)n1. The average Bonchev–Trinajstić information content (AvgIpc) is 2.60. The Hall–Kier alpha value is -0.0313. The molecule has 1 rings (SSSR count). The van der Waals surface area contributed by atoms with Crippen LogP contribution in [0.1, 0.15) is 72.6 Å². The fourth-order valence-electron chi connectivity index (χ4n) is 3.29. The van der Waals surface area contributed by atoms with E-state index in [2.05, 4.69) is 44.2 Å². The van der Waals surface area contributed by atoms with E-state index < -0.39 is 18.4 Å². The molecule has 24 heavy (non-hydrogen) atoms. The molecule has 1 N–H and O–H groups in total. The number of aromatic nitrogens is 2. The number of nitrogens with one attached hydrogen (secondary N) is 1. The Bertz CT molecular complexity index is 446. The van der Waals surface area contributed by atoms with Crippen LogP contribution < -0.4 is 9.03 Å². The fraction of sp³-hybridized carbons (Fsp3) is 0.789. The molecule has 0 unspecified atom stereocenters. The molecule has 0 bridgehead atoms. The Balaban J connectivity index is 3.11. The second-order valence-electron chi connectivity index (χ2n) is 6.91. The molecule has 0 radical (unpaired) electrons. The van der Waals surface area contributed by atoms with E-state index in [1.54, 1.807) is 0 Å². The zero-order valence-corrected chi connectivity index (χ0v) is 19.7. The maximum absolute atomic E-state index is 6.47. The molecule has 1 heterocycles. The summed E-state index contributed by atoms with van der Waals surface area (Å²) in [5.74, 6) is 0.754. The first-order valence-electron chi connectivity index (χ1n) is 9.90. The first kappa shape index (κ1) is 22.0. The molecule has 0 amide bonds. The number of anilines is 1. The van der Waals surface area contributed by atoms with Crippen molar-refractivity contribution in [2.24, 2.45) is 0 Å². The molecule has 0 saturated carbocycles. The number of hydrogen-bond donors (Lipinski definition) is 1. The predicted molar refractivity (Wildman–Crippen MR) is 110 cm³/mol. The normalized spacial score (nSPS) is 11.7. The van der Waals surface area contributed by atoms with Crippen molar-refractivity contribution in [1.29, 1.82) is 0 Å². The van der Waals surface area contributed by atoms with E-state index in [4.69, 9.17) is 16.6 Å². The summed E-state index contributed by atoms with van der Waals surface area (Å²) < 4.78 is 5.51. The summed E-state index contributed by atoms with van der Waals surface area (Å²) in [7, 11) is 0. The van der Waals surface area contributed by atoms with E-state index in [1.165, 1.54) is 55.5 Å². The molecule has 0 spiro atoms. The summed E-state index contributed by atoms with van der Waals surface area (Å²) in [6.07, 6.45) is 10.9. The van der Waals surface area contributed by atoms with Gasteiger partial charge in [0.05, 0.1) is 0 Å². The van der Waals surface area contributed by atoms with Gasteiger partial charge in [0.25, 0.3) is 0 Å². The molecule has 138 valence electrons. The Labute approximate surface area is 158 Å². The van der Waals surface area contributed by atoms with Crippen LogP contribution in [0.15, 0.2) is 6.20 Å². The summed E-state index contributed by atoms with van der Waals surface area (Å²) >= 11 is 3.97. The van der Waals surface area contributed by atoms with Gasteiger partial charge in [-0.05, 0) is 0 Å². The van der Waals surface area contributed by atoms with Crippen LogP contribution in [-0.4, -0.2) is 34.9 Å². The van der Waals surface area contributed by atoms with Gasteiger partial charge in [-0.25, -0.2) is 0 Å². The van der Waals surface area contributed by atoms with Crippen LogP contribution >= 0.6 is 11.6 Å². The van der Waals surface area contributed by atoms with E-state index in [-0.39, 0.29) is 0 Å². The van der Waals surface area contributed by atoms with Gasteiger partial charge in [0, 0.05) is 0 Å². The standard InChI is InChI=1S/C7H9ClN3.3C4H9.Sn/c1-2-3-10-7-6(8)9-4-5-11-7;3*1-3-4-2;/h5H,2-3H2,1H3,(H,10,11);3*1,3-4H2,2H3;. The molecule has 5 heteroatoms. The molecule has 0 aliphatic heterocycles. The Morgan fingerprint density at radius 3 is 1.88 bits per heavy atom. The third-order valence-corrected chi connectivity index (χ3v) is 20.1. The maximum atomic E-state index is 6.47. The van der Waals surface area contributed by atoms with Gasteiger partial charge in [0.15, 0.2) is 0 Å². The van der Waals surface area contributed by atoms with Crippen LogP contribution in [0.3, 0.4) is 0 Å². The van der Waals surface area contributed by atoms with Crippen molar-refractivity contribution in [3.63, 3.8) is 0 Å². The number of unbranched alkanes of at least 4 members (excludes halogenated alkanes) is 3.